The molecule has 0 unspecified atom stereocenters. The number of aryl methyl sites for hydroxylation is 1. The molecule has 0 spiro atoms. The second-order valence-corrected chi connectivity index (χ2v) is 4.20. The lowest BCUT2D eigenvalue weighted by molar-refractivity contribution is -0.385. The molecule has 5 nitrogen and oxygen atoms in total. The molecule has 0 saturated heterocycles. The molecule has 0 bridgehead atoms. The average Bonchev–Trinajstić information content (AvgIpc) is 2.37. The maximum absolute atomic E-state index is 12.8. The largest absolute Gasteiger partial charge is 0.304 e. The van der Waals surface area contributed by atoms with Crippen LogP contribution in [0.3, 0.4) is 0 Å². The summed E-state index contributed by atoms with van der Waals surface area (Å²) in [5, 5.41) is 10.8. The molecule has 0 aliphatic carbocycles. The summed E-state index contributed by atoms with van der Waals surface area (Å²) in [6, 6.07) is 6.88. The van der Waals surface area contributed by atoms with Crippen LogP contribution in [0.4, 0.5) is 10.1 Å². The quantitative estimate of drug-likeness (QED) is 0.629. The maximum Gasteiger partial charge on any atom is 0.286 e. The number of aromatic nitrogens is 1. The van der Waals surface area contributed by atoms with Crippen LogP contribution in [0, 0.1) is 22.9 Å². The van der Waals surface area contributed by atoms with Crippen molar-refractivity contribution >= 4 is 5.69 Å². The molecule has 0 radical (unpaired) electrons. The van der Waals surface area contributed by atoms with Crippen molar-refractivity contribution in [3.63, 3.8) is 0 Å². The van der Waals surface area contributed by atoms with E-state index in [0.29, 0.717) is 11.1 Å². The van der Waals surface area contributed by atoms with Gasteiger partial charge in [0, 0.05) is 11.6 Å². The van der Waals surface area contributed by atoms with Gasteiger partial charge >= 0.3 is 0 Å². The first-order chi connectivity index (χ1) is 8.97. The van der Waals surface area contributed by atoms with Gasteiger partial charge in [-0.05, 0) is 24.6 Å². The van der Waals surface area contributed by atoms with E-state index in [4.69, 9.17) is 0 Å². The highest BCUT2D eigenvalue weighted by Gasteiger charge is 2.11. The van der Waals surface area contributed by atoms with Crippen molar-refractivity contribution < 1.29 is 9.31 Å². The minimum absolute atomic E-state index is 0.140. The van der Waals surface area contributed by atoms with E-state index in [1.165, 1.54) is 48.0 Å². The van der Waals surface area contributed by atoms with Gasteiger partial charge in [0.05, 0.1) is 17.7 Å². The van der Waals surface area contributed by atoms with Crippen LogP contribution >= 0.6 is 0 Å². The van der Waals surface area contributed by atoms with Crippen LogP contribution in [0.1, 0.15) is 11.1 Å². The van der Waals surface area contributed by atoms with Gasteiger partial charge in [-0.25, -0.2) is 4.39 Å². The Morgan fingerprint density at radius 2 is 1.95 bits per heavy atom. The van der Waals surface area contributed by atoms with Gasteiger partial charge in [0.2, 0.25) is 0 Å². The number of halogens is 1. The highest BCUT2D eigenvalue weighted by atomic mass is 19.1. The van der Waals surface area contributed by atoms with Crippen molar-refractivity contribution in [3.05, 3.63) is 73.9 Å². The number of nitrogens with zero attached hydrogens (tertiary/aromatic N) is 2. The molecule has 0 saturated carbocycles. The fraction of sp³-hybridized carbons (Fsp3) is 0.154. The predicted molar refractivity (Wildman–Crippen MR) is 67.6 cm³/mol. The summed E-state index contributed by atoms with van der Waals surface area (Å²) in [6.07, 6.45) is 1.19. The Morgan fingerprint density at radius 1 is 1.32 bits per heavy atom. The van der Waals surface area contributed by atoms with Gasteiger partial charge in [0.25, 0.3) is 11.2 Å². The van der Waals surface area contributed by atoms with Crippen molar-refractivity contribution in [1.82, 2.24) is 4.57 Å². The predicted octanol–water partition coefficient (Wildman–Crippen LogP) is 2.25. The molecular formula is C13H11FN2O3. The first-order valence-corrected chi connectivity index (χ1v) is 5.57. The summed E-state index contributed by atoms with van der Waals surface area (Å²) in [7, 11) is 0. The lowest BCUT2D eigenvalue weighted by atomic mass is 10.2. The van der Waals surface area contributed by atoms with Gasteiger partial charge in [-0.1, -0.05) is 12.1 Å². The first kappa shape index (κ1) is 12.9. The third-order valence-electron chi connectivity index (χ3n) is 2.73. The van der Waals surface area contributed by atoms with E-state index in [9.17, 15) is 19.3 Å². The van der Waals surface area contributed by atoms with Crippen molar-refractivity contribution in [1.29, 1.82) is 0 Å². The SMILES string of the molecule is Cc1cc([N+](=O)[O-])cn(Cc2ccc(F)cc2)c1=O. The van der Waals surface area contributed by atoms with Crippen LogP contribution in [0.25, 0.3) is 0 Å². The monoisotopic (exact) mass is 262 g/mol. The summed E-state index contributed by atoms with van der Waals surface area (Å²) in [4.78, 5) is 22.1. The fourth-order valence-corrected chi connectivity index (χ4v) is 1.77. The van der Waals surface area contributed by atoms with E-state index >= 15 is 0 Å². The average molecular weight is 262 g/mol. The minimum Gasteiger partial charge on any atom is -0.304 e. The third kappa shape index (κ3) is 2.85. The van der Waals surface area contributed by atoms with E-state index in [2.05, 4.69) is 0 Å². The Labute approximate surface area is 108 Å². The molecular weight excluding hydrogens is 251 g/mol. The van der Waals surface area contributed by atoms with Crippen LogP contribution in [0.15, 0.2) is 41.3 Å². The van der Waals surface area contributed by atoms with Crippen molar-refractivity contribution in [2.45, 2.75) is 13.5 Å². The smallest absolute Gasteiger partial charge is 0.286 e. The lowest BCUT2D eigenvalue weighted by Crippen LogP contribution is -2.22. The third-order valence-corrected chi connectivity index (χ3v) is 2.73. The molecule has 0 atom stereocenters. The van der Waals surface area contributed by atoms with Crippen molar-refractivity contribution in [3.8, 4) is 0 Å². The van der Waals surface area contributed by atoms with E-state index in [0.717, 1.165) is 0 Å². The summed E-state index contributed by atoms with van der Waals surface area (Å²) in [5.41, 5.74) is 0.564. The molecule has 2 aromatic rings. The zero-order valence-electron chi connectivity index (χ0n) is 10.2. The second kappa shape index (κ2) is 5.01. The molecule has 6 heteroatoms. The second-order valence-electron chi connectivity index (χ2n) is 4.20. The normalized spacial score (nSPS) is 10.4. The molecule has 2 rings (SSSR count). The molecule has 1 heterocycles. The van der Waals surface area contributed by atoms with Crippen LogP contribution in [-0.2, 0) is 6.54 Å². The highest BCUT2D eigenvalue weighted by molar-refractivity contribution is 5.30. The number of pyridine rings is 1. The molecule has 0 N–H and O–H groups in total. The van der Waals surface area contributed by atoms with Crippen molar-refractivity contribution in [2.24, 2.45) is 0 Å². The Hall–Kier alpha value is -2.50. The van der Waals surface area contributed by atoms with Gasteiger partial charge in [0.15, 0.2) is 0 Å². The first-order valence-electron chi connectivity index (χ1n) is 5.57. The Morgan fingerprint density at radius 3 is 2.53 bits per heavy atom. The van der Waals surface area contributed by atoms with E-state index in [1.54, 1.807) is 0 Å². The number of benzene rings is 1. The van der Waals surface area contributed by atoms with E-state index in [1.807, 2.05) is 0 Å². The van der Waals surface area contributed by atoms with Crippen LogP contribution in [-0.4, -0.2) is 9.49 Å². The summed E-state index contributed by atoms with van der Waals surface area (Å²) in [6.45, 7) is 1.69. The van der Waals surface area contributed by atoms with Gasteiger partial charge in [-0.15, -0.1) is 0 Å². The number of nitro groups is 1. The fourth-order valence-electron chi connectivity index (χ4n) is 1.77. The zero-order valence-corrected chi connectivity index (χ0v) is 10.2. The van der Waals surface area contributed by atoms with E-state index < -0.39 is 4.92 Å². The van der Waals surface area contributed by atoms with Gasteiger partial charge in [-0.2, -0.15) is 0 Å². The maximum atomic E-state index is 12.8. The summed E-state index contributed by atoms with van der Waals surface area (Å²) in [5.74, 6) is -0.369. The molecule has 19 heavy (non-hydrogen) atoms. The standard InChI is InChI=1S/C13H11FN2O3/c1-9-6-12(16(18)19)8-15(13(9)17)7-10-2-4-11(14)5-3-10/h2-6,8H,7H2,1H3. The van der Waals surface area contributed by atoms with Crippen LogP contribution in [0.5, 0.6) is 0 Å². The van der Waals surface area contributed by atoms with Gasteiger partial charge in [0.1, 0.15) is 5.82 Å². The Kier molecular flexibility index (Phi) is 3.41. The summed E-state index contributed by atoms with van der Waals surface area (Å²) < 4.78 is 14.0. The molecule has 0 aliphatic heterocycles. The van der Waals surface area contributed by atoms with Gasteiger partial charge in [-0.3, -0.25) is 14.9 Å². The number of hydrogen-bond donors (Lipinski definition) is 0. The highest BCUT2D eigenvalue weighted by Crippen LogP contribution is 2.11. The number of hydrogen-bond acceptors (Lipinski definition) is 3. The van der Waals surface area contributed by atoms with E-state index in [-0.39, 0.29) is 23.6 Å². The van der Waals surface area contributed by atoms with Crippen LogP contribution < -0.4 is 5.56 Å². The minimum atomic E-state index is -0.548. The topological polar surface area (TPSA) is 65.1 Å². The molecule has 0 fully saturated rings. The van der Waals surface area contributed by atoms with Crippen LogP contribution in [0.2, 0.25) is 0 Å². The lowest BCUT2D eigenvalue weighted by Gasteiger charge is -2.07. The molecule has 1 aromatic carbocycles. The van der Waals surface area contributed by atoms with Crippen molar-refractivity contribution in [2.75, 3.05) is 0 Å². The van der Waals surface area contributed by atoms with Gasteiger partial charge < -0.3 is 4.57 Å². The molecule has 0 aliphatic rings. The summed E-state index contributed by atoms with van der Waals surface area (Å²) >= 11 is 0. The Bertz CT molecular complexity index is 677. The zero-order chi connectivity index (χ0) is 14.0. The Balaban J connectivity index is 2.41. The molecule has 98 valence electrons. The molecule has 1 aromatic heterocycles. The molecule has 0 amide bonds. The number of rotatable bonds is 3.